The van der Waals surface area contributed by atoms with E-state index in [1.165, 1.54) is 12.1 Å². The Bertz CT molecular complexity index is 670. The minimum absolute atomic E-state index is 0. The number of carbonyl (C=O) groups excluding carboxylic acids is 1. The normalized spacial score (nSPS) is 23.8. The van der Waals surface area contributed by atoms with Crippen LogP contribution in [0.15, 0.2) is 18.2 Å². The smallest absolute Gasteiger partial charge is 0.399 e. The molecule has 3 rings (SSSR count). The number of nitrogens with one attached hydrogen (secondary N) is 1. The molecule has 0 radical (unpaired) electrons. The lowest BCUT2D eigenvalue weighted by molar-refractivity contribution is 0.00578. The van der Waals surface area contributed by atoms with E-state index in [1.54, 1.807) is 11.0 Å². The van der Waals surface area contributed by atoms with Crippen LogP contribution in [0.3, 0.4) is 0 Å². The molecule has 2 fully saturated rings. The molecular weight excluding hydrogens is 357 g/mol. The fourth-order valence-corrected chi connectivity index (χ4v) is 3.18. The number of nitrogens with zero attached hydrogens (tertiary/aromatic N) is 1. The van der Waals surface area contributed by atoms with E-state index < -0.39 is 24.1 Å². The highest BCUT2D eigenvalue weighted by atomic mass is 35.5. The lowest BCUT2D eigenvalue weighted by atomic mass is 9.78. The number of likely N-dealkylation sites (N-methyl/N-ethyl adjacent to an activating group) is 1. The van der Waals surface area contributed by atoms with Gasteiger partial charge in [0, 0.05) is 19.1 Å². The van der Waals surface area contributed by atoms with Crippen LogP contribution >= 0.6 is 12.4 Å². The van der Waals surface area contributed by atoms with Crippen LogP contribution in [0.2, 0.25) is 0 Å². The maximum Gasteiger partial charge on any atom is 0.494 e. The van der Waals surface area contributed by atoms with Crippen molar-refractivity contribution in [1.29, 1.82) is 0 Å². The summed E-state index contributed by atoms with van der Waals surface area (Å²) in [7, 11) is 1.24. The highest BCUT2D eigenvalue weighted by Gasteiger charge is 2.51. The highest BCUT2D eigenvalue weighted by molar-refractivity contribution is 6.62. The molecule has 1 N–H and O–H groups in total. The Labute approximate surface area is 161 Å². The van der Waals surface area contributed by atoms with Crippen LogP contribution in [0.5, 0.6) is 0 Å². The van der Waals surface area contributed by atoms with Gasteiger partial charge < -0.3 is 19.5 Å². The molecule has 0 spiro atoms. The van der Waals surface area contributed by atoms with Gasteiger partial charge in [0.15, 0.2) is 0 Å². The Balaban J connectivity index is 0.00000243. The number of amides is 1. The zero-order chi connectivity index (χ0) is 18.4. The molecule has 1 unspecified atom stereocenters. The van der Waals surface area contributed by atoms with Crippen molar-refractivity contribution in [2.75, 3.05) is 20.1 Å². The number of halogens is 2. The summed E-state index contributed by atoms with van der Waals surface area (Å²) in [5.41, 5.74) is -0.292. The average molecular weight is 385 g/mol. The third-order valence-electron chi connectivity index (χ3n) is 5.63. The minimum atomic E-state index is -0.635. The zero-order valence-corrected chi connectivity index (χ0v) is 16.8. The average Bonchev–Trinajstić information content (AvgIpc) is 3.09. The van der Waals surface area contributed by atoms with Crippen molar-refractivity contribution < 1.29 is 18.5 Å². The van der Waals surface area contributed by atoms with E-state index in [0.29, 0.717) is 18.6 Å². The Morgan fingerprint density at radius 2 is 1.88 bits per heavy atom. The molecule has 2 aliphatic heterocycles. The van der Waals surface area contributed by atoms with E-state index in [4.69, 9.17) is 9.31 Å². The first kappa shape index (κ1) is 21.2. The molecule has 26 heavy (non-hydrogen) atoms. The van der Waals surface area contributed by atoms with Gasteiger partial charge in [0.05, 0.1) is 16.8 Å². The molecule has 2 heterocycles. The Morgan fingerprint density at radius 1 is 1.27 bits per heavy atom. The van der Waals surface area contributed by atoms with Gasteiger partial charge in [-0.05, 0) is 58.8 Å². The fourth-order valence-electron chi connectivity index (χ4n) is 3.18. The van der Waals surface area contributed by atoms with Crippen LogP contribution in [-0.2, 0) is 9.31 Å². The van der Waals surface area contributed by atoms with Gasteiger partial charge in [0.1, 0.15) is 5.82 Å². The van der Waals surface area contributed by atoms with Gasteiger partial charge in [0.25, 0.3) is 5.91 Å². The number of hydrogen-bond donors (Lipinski definition) is 1. The highest BCUT2D eigenvalue weighted by Crippen LogP contribution is 2.36. The first-order valence-corrected chi connectivity index (χ1v) is 8.76. The third-order valence-corrected chi connectivity index (χ3v) is 5.63. The Kier molecular flexibility index (Phi) is 6.08. The summed E-state index contributed by atoms with van der Waals surface area (Å²) < 4.78 is 26.5. The number of rotatable bonds is 3. The number of hydrogen-bond acceptors (Lipinski definition) is 4. The zero-order valence-electron chi connectivity index (χ0n) is 16.0. The molecule has 0 saturated carbocycles. The maximum absolute atomic E-state index is 14.6. The van der Waals surface area contributed by atoms with Crippen LogP contribution in [0.4, 0.5) is 4.39 Å². The molecular formula is C18H27BClFN2O3. The molecule has 0 aromatic heterocycles. The summed E-state index contributed by atoms with van der Waals surface area (Å²) in [4.78, 5) is 14.3. The van der Waals surface area contributed by atoms with E-state index in [-0.39, 0.29) is 29.9 Å². The minimum Gasteiger partial charge on any atom is -0.399 e. The monoisotopic (exact) mass is 384 g/mol. The quantitative estimate of drug-likeness (QED) is 0.810. The Morgan fingerprint density at radius 3 is 2.38 bits per heavy atom. The molecule has 2 saturated heterocycles. The molecule has 2 aliphatic rings. The number of benzene rings is 1. The van der Waals surface area contributed by atoms with Gasteiger partial charge in [-0.2, -0.15) is 0 Å². The second kappa shape index (κ2) is 7.47. The van der Waals surface area contributed by atoms with Crippen molar-refractivity contribution in [2.24, 2.45) is 0 Å². The summed E-state index contributed by atoms with van der Waals surface area (Å²) in [5.74, 6) is -0.805. The molecule has 144 valence electrons. The topological polar surface area (TPSA) is 50.8 Å². The van der Waals surface area contributed by atoms with E-state index in [9.17, 15) is 9.18 Å². The van der Waals surface area contributed by atoms with Crippen LogP contribution in [0.25, 0.3) is 0 Å². The van der Waals surface area contributed by atoms with Crippen LogP contribution < -0.4 is 10.8 Å². The van der Waals surface area contributed by atoms with Gasteiger partial charge in [-0.15, -0.1) is 12.4 Å². The second-order valence-electron chi connectivity index (χ2n) is 7.85. The van der Waals surface area contributed by atoms with Gasteiger partial charge in [0.2, 0.25) is 0 Å². The SMILES string of the molecule is CNC1CCN(C(=O)c2ccc(B3OC(C)(C)C(C)(C)O3)cc2F)C1.Cl. The molecule has 1 amide bonds. The number of likely N-dealkylation sites (tertiary alicyclic amines) is 1. The molecule has 1 aromatic carbocycles. The van der Waals surface area contributed by atoms with E-state index >= 15 is 0 Å². The Hall–Kier alpha value is -1.15. The third kappa shape index (κ3) is 3.76. The molecule has 8 heteroatoms. The molecule has 0 bridgehead atoms. The molecule has 1 aromatic rings. The summed E-state index contributed by atoms with van der Waals surface area (Å²) in [6.45, 7) is 9.05. The molecule has 0 aliphatic carbocycles. The summed E-state index contributed by atoms with van der Waals surface area (Å²) >= 11 is 0. The molecule has 5 nitrogen and oxygen atoms in total. The van der Waals surface area contributed by atoms with E-state index in [2.05, 4.69) is 5.32 Å². The summed E-state index contributed by atoms with van der Waals surface area (Å²) in [6.07, 6.45) is 0.885. The van der Waals surface area contributed by atoms with Crippen molar-refractivity contribution in [3.63, 3.8) is 0 Å². The first-order chi connectivity index (χ1) is 11.6. The van der Waals surface area contributed by atoms with Crippen molar-refractivity contribution in [2.45, 2.75) is 51.4 Å². The predicted molar refractivity (Wildman–Crippen MR) is 103 cm³/mol. The lowest BCUT2D eigenvalue weighted by Gasteiger charge is -2.32. The van der Waals surface area contributed by atoms with Gasteiger partial charge in [-0.1, -0.05) is 6.07 Å². The van der Waals surface area contributed by atoms with Crippen molar-refractivity contribution >= 4 is 30.9 Å². The predicted octanol–water partition coefficient (Wildman–Crippen LogP) is 1.98. The van der Waals surface area contributed by atoms with Gasteiger partial charge >= 0.3 is 7.12 Å². The maximum atomic E-state index is 14.6. The van der Waals surface area contributed by atoms with Crippen molar-refractivity contribution in [1.82, 2.24) is 10.2 Å². The van der Waals surface area contributed by atoms with E-state index in [0.717, 1.165) is 6.42 Å². The van der Waals surface area contributed by atoms with E-state index in [1.807, 2.05) is 34.7 Å². The van der Waals surface area contributed by atoms with Gasteiger partial charge in [-0.3, -0.25) is 4.79 Å². The lowest BCUT2D eigenvalue weighted by Crippen LogP contribution is -2.41. The second-order valence-corrected chi connectivity index (χ2v) is 7.85. The largest absolute Gasteiger partial charge is 0.494 e. The fraction of sp³-hybridized carbons (Fsp3) is 0.611. The van der Waals surface area contributed by atoms with Crippen LogP contribution in [0, 0.1) is 5.82 Å². The number of carbonyl (C=O) groups is 1. The van der Waals surface area contributed by atoms with Crippen LogP contribution in [-0.4, -0.2) is 55.3 Å². The van der Waals surface area contributed by atoms with Crippen LogP contribution in [0.1, 0.15) is 44.5 Å². The summed E-state index contributed by atoms with van der Waals surface area (Å²) in [6, 6.07) is 4.87. The first-order valence-electron chi connectivity index (χ1n) is 8.76. The van der Waals surface area contributed by atoms with Crippen molar-refractivity contribution in [3.8, 4) is 0 Å². The summed E-state index contributed by atoms with van der Waals surface area (Å²) in [5, 5.41) is 3.16. The standard InChI is InChI=1S/C18H26BFN2O3.ClH/c1-17(2)18(3,4)25-19(24-17)12-6-7-14(15(20)10-12)16(23)22-9-8-13(11-22)21-5;/h6-7,10,13,21H,8-9,11H2,1-5H3;1H. The van der Waals surface area contributed by atoms with Gasteiger partial charge in [-0.25, -0.2) is 4.39 Å². The van der Waals surface area contributed by atoms with Crippen molar-refractivity contribution in [3.05, 3.63) is 29.6 Å². The molecule has 1 atom stereocenters.